The van der Waals surface area contributed by atoms with Crippen LogP contribution in [-0.4, -0.2) is 35.9 Å². The number of nitriles is 1. The van der Waals surface area contributed by atoms with Gasteiger partial charge in [-0.1, -0.05) is 13.8 Å². The third-order valence-corrected chi connectivity index (χ3v) is 3.31. The molecule has 0 N–H and O–H groups in total. The summed E-state index contributed by atoms with van der Waals surface area (Å²) in [4.78, 5) is 13.6. The highest BCUT2D eigenvalue weighted by molar-refractivity contribution is 7.98. The number of amides is 1. The van der Waals surface area contributed by atoms with E-state index in [2.05, 4.69) is 13.0 Å². The number of carbonyl (C=O) groups excluding carboxylic acids is 1. The average Bonchev–Trinajstić information content (AvgIpc) is 2.26. The second-order valence-corrected chi connectivity index (χ2v) is 4.47. The van der Waals surface area contributed by atoms with Crippen LogP contribution in [0.25, 0.3) is 0 Å². The van der Waals surface area contributed by atoms with Crippen LogP contribution in [0.4, 0.5) is 0 Å². The van der Waals surface area contributed by atoms with Crippen LogP contribution >= 0.6 is 11.8 Å². The number of hydrogen-bond acceptors (Lipinski definition) is 3. The largest absolute Gasteiger partial charge is 0.341 e. The number of thioether (sulfide) groups is 1. The third kappa shape index (κ3) is 4.13. The van der Waals surface area contributed by atoms with Gasteiger partial charge >= 0.3 is 0 Å². The summed E-state index contributed by atoms with van der Waals surface area (Å²) in [5, 5.41) is 8.83. The van der Waals surface area contributed by atoms with Crippen molar-refractivity contribution in [2.24, 2.45) is 5.92 Å². The zero-order chi connectivity index (χ0) is 11.8. The SMILES string of the molecule is CCC(C#N)C(=O)N(C)C(CC)CSC. The predicted molar refractivity (Wildman–Crippen MR) is 64.6 cm³/mol. The van der Waals surface area contributed by atoms with E-state index in [1.807, 2.05) is 13.2 Å². The van der Waals surface area contributed by atoms with Crippen LogP contribution in [-0.2, 0) is 4.79 Å². The van der Waals surface area contributed by atoms with Crippen molar-refractivity contribution in [2.45, 2.75) is 32.7 Å². The first-order chi connectivity index (χ1) is 7.12. The smallest absolute Gasteiger partial charge is 0.239 e. The van der Waals surface area contributed by atoms with Crippen molar-refractivity contribution >= 4 is 17.7 Å². The highest BCUT2D eigenvalue weighted by Gasteiger charge is 2.24. The molecule has 0 rings (SSSR count). The van der Waals surface area contributed by atoms with E-state index in [0.717, 1.165) is 12.2 Å². The fraction of sp³-hybridized carbons (Fsp3) is 0.818. The molecule has 0 aliphatic carbocycles. The Kier molecular flexibility index (Phi) is 7.23. The first-order valence-corrected chi connectivity index (χ1v) is 6.66. The van der Waals surface area contributed by atoms with Crippen molar-refractivity contribution in [1.29, 1.82) is 5.26 Å². The number of nitrogens with zero attached hydrogens (tertiary/aromatic N) is 2. The van der Waals surface area contributed by atoms with Crippen LogP contribution in [0.15, 0.2) is 0 Å². The van der Waals surface area contributed by atoms with E-state index < -0.39 is 5.92 Å². The van der Waals surface area contributed by atoms with Gasteiger partial charge in [0.05, 0.1) is 6.07 Å². The van der Waals surface area contributed by atoms with Crippen LogP contribution in [0.3, 0.4) is 0 Å². The molecule has 1 amide bonds. The lowest BCUT2D eigenvalue weighted by atomic mass is 10.1. The third-order valence-electron chi connectivity index (χ3n) is 2.59. The van der Waals surface area contributed by atoms with E-state index in [-0.39, 0.29) is 11.9 Å². The zero-order valence-corrected chi connectivity index (χ0v) is 10.8. The first kappa shape index (κ1) is 14.3. The Morgan fingerprint density at radius 2 is 2.07 bits per heavy atom. The summed E-state index contributed by atoms with van der Waals surface area (Å²) in [7, 11) is 1.80. The minimum Gasteiger partial charge on any atom is -0.341 e. The topological polar surface area (TPSA) is 44.1 Å². The van der Waals surface area contributed by atoms with E-state index in [0.29, 0.717) is 6.42 Å². The molecule has 0 radical (unpaired) electrons. The van der Waals surface area contributed by atoms with Crippen LogP contribution in [0.2, 0.25) is 0 Å². The molecule has 2 atom stereocenters. The predicted octanol–water partition coefficient (Wildman–Crippen LogP) is 2.14. The molecular formula is C11H20N2OS. The van der Waals surface area contributed by atoms with Crippen LogP contribution < -0.4 is 0 Å². The number of hydrogen-bond donors (Lipinski definition) is 0. The van der Waals surface area contributed by atoms with Gasteiger partial charge in [-0.3, -0.25) is 4.79 Å². The molecule has 0 aromatic rings. The van der Waals surface area contributed by atoms with Crippen LogP contribution in [0, 0.1) is 17.2 Å². The number of carbonyl (C=O) groups is 1. The van der Waals surface area contributed by atoms with Gasteiger partial charge in [0, 0.05) is 18.8 Å². The minimum atomic E-state index is -0.481. The Morgan fingerprint density at radius 1 is 1.47 bits per heavy atom. The second kappa shape index (κ2) is 7.58. The van der Waals surface area contributed by atoms with E-state index in [9.17, 15) is 4.79 Å². The summed E-state index contributed by atoms with van der Waals surface area (Å²) in [5.41, 5.74) is 0. The molecule has 0 fully saturated rings. The first-order valence-electron chi connectivity index (χ1n) is 5.27. The zero-order valence-electron chi connectivity index (χ0n) is 9.99. The Hall–Kier alpha value is -0.690. The van der Waals surface area contributed by atoms with E-state index in [4.69, 9.17) is 5.26 Å². The Labute approximate surface area is 96.8 Å². The molecule has 0 bridgehead atoms. The molecule has 3 nitrogen and oxygen atoms in total. The van der Waals surface area contributed by atoms with Crippen molar-refractivity contribution in [2.75, 3.05) is 19.1 Å². The van der Waals surface area contributed by atoms with Crippen LogP contribution in [0.5, 0.6) is 0 Å². The summed E-state index contributed by atoms with van der Waals surface area (Å²) in [6.07, 6.45) is 3.56. The maximum atomic E-state index is 11.9. The molecule has 86 valence electrons. The molecule has 0 saturated carbocycles. The lowest BCUT2D eigenvalue weighted by molar-refractivity contribution is -0.134. The Morgan fingerprint density at radius 3 is 2.40 bits per heavy atom. The Bertz CT molecular complexity index is 237. The lowest BCUT2D eigenvalue weighted by Crippen LogP contribution is -2.41. The summed E-state index contributed by atoms with van der Waals surface area (Å²) in [5.74, 6) is 0.410. The molecule has 15 heavy (non-hydrogen) atoms. The second-order valence-electron chi connectivity index (χ2n) is 3.56. The molecule has 0 heterocycles. The van der Waals surface area contributed by atoms with E-state index in [1.54, 1.807) is 23.7 Å². The molecular weight excluding hydrogens is 208 g/mol. The monoisotopic (exact) mass is 228 g/mol. The average molecular weight is 228 g/mol. The highest BCUT2D eigenvalue weighted by Crippen LogP contribution is 2.13. The highest BCUT2D eigenvalue weighted by atomic mass is 32.2. The number of rotatable bonds is 6. The van der Waals surface area contributed by atoms with E-state index in [1.165, 1.54) is 0 Å². The fourth-order valence-corrected chi connectivity index (χ4v) is 2.29. The molecule has 0 spiro atoms. The quantitative estimate of drug-likeness (QED) is 0.699. The van der Waals surface area contributed by atoms with Crippen molar-refractivity contribution < 1.29 is 4.79 Å². The van der Waals surface area contributed by atoms with Gasteiger partial charge in [0.15, 0.2) is 0 Å². The molecule has 2 unspecified atom stereocenters. The molecule has 4 heteroatoms. The maximum Gasteiger partial charge on any atom is 0.239 e. The van der Waals surface area contributed by atoms with Gasteiger partial charge in [0.2, 0.25) is 5.91 Å². The standard InChI is InChI=1S/C11H20N2OS/c1-5-9(7-12)11(14)13(3)10(6-2)8-15-4/h9-10H,5-6,8H2,1-4H3. The Balaban J connectivity index is 4.46. The lowest BCUT2D eigenvalue weighted by Gasteiger charge is -2.28. The molecule has 0 saturated heterocycles. The normalized spacial score (nSPS) is 14.1. The van der Waals surface area contributed by atoms with Gasteiger partial charge < -0.3 is 4.90 Å². The summed E-state index contributed by atoms with van der Waals surface area (Å²) in [6, 6.07) is 2.30. The van der Waals surface area contributed by atoms with Crippen molar-refractivity contribution in [1.82, 2.24) is 4.90 Å². The van der Waals surface area contributed by atoms with Crippen molar-refractivity contribution in [3.8, 4) is 6.07 Å². The fourth-order valence-electron chi connectivity index (χ4n) is 1.44. The van der Waals surface area contributed by atoms with Gasteiger partial charge in [-0.15, -0.1) is 0 Å². The van der Waals surface area contributed by atoms with Gasteiger partial charge in [0.1, 0.15) is 5.92 Å². The minimum absolute atomic E-state index is 0.0408. The van der Waals surface area contributed by atoms with Crippen molar-refractivity contribution in [3.63, 3.8) is 0 Å². The van der Waals surface area contributed by atoms with Gasteiger partial charge in [0.25, 0.3) is 0 Å². The maximum absolute atomic E-state index is 11.9. The van der Waals surface area contributed by atoms with Gasteiger partial charge in [-0.05, 0) is 19.1 Å². The summed E-state index contributed by atoms with van der Waals surface area (Å²) < 4.78 is 0. The molecule has 0 aliphatic rings. The van der Waals surface area contributed by atoms with Gasteiger partial charge in [-0.25, -0.2) is 0 Å². The summed E-state index contributed by atoms with van der Waals surface area (Å²) >= 11 is 1.73. The molecule has 0 aromatic heterocycles. The van der Waals surface area contributed by atoms with Crippen molar-refractivity contribution in [3.05, 3.63) is 0 Å². The molecule has 0 aromatic carbocycles. The van der Waals surface area contributed by atoms with Crippen LogP contribution in [0.1, 0.15) is 26.7 Å². The molecule has 0 aliphatic heterocycles. The van der Waals surface area contributed by atoms with Gasteiger partial charge in [-0.2, -0.15) is 17.0 Å². The van der Waals surface area contributed by atoms with E-state index >= 15 is 0 Å². The summed E-state index contributed by atoms with van der Waals surface area (Å²) in [6.45, 7) is 3.94.